The van der Waals surface area contributed by atoms with Crippen LogP contribution in [0.3, 0.4) is 0 Å². The van der Waals surface area contributed by atoms with Crippen molar-refractivity contribution in [2.75, 3.05) is 33.2 Å². The number of likely N-dealkylation sites (N-methyl/N-ethyl adjacent to an activating group) is 2. The fraction of sp³-hybridized carbons (Fsp3) is 0.909. The molecule has 0 rings (SSSR count). The summed E-state index contributed by atoms with van der Waals surface area (Å²) in [6.07, 6.45) is -4.39. The van der Waals surface area contributed by atoms with Crippen molar-refractivity contribution in [3.8, 4) is 0 Å². The Morgan fingerprint density at radius 1 is 1.22 bits per heavy atom. The molecule has 1 amide bonds. The lowest BCUT2D eigenvalue weighted by atomic mass is 10.1. The molecule has 0 aliphatic rings. The van der Waals surface area contributed by atoms with Crippen molar-refractivity contribution in [2.24, 2.45) is 0 Å². The van der Waals surface area contributed by atoms with Crippen molar-refractivity contribution in [3.05, 3.63) is 0 Å². The van der Waals surface area contributed by atoms with Crippen LogP contribution in [0.4, 0.5) is 13.2 Å². The summed E-state index contributed by atoms with van der Waals surface area (Å²) in [5, 5.41) is 9.61. The number of nitrogens with zero attached hydrogens (tertiary/aromatic N) is 2. The Bertz CT molecular complexity index is 274. The minimum Gasteiger partial charge on any atom is -0.389 e. The van der Waals surface area contributed by atoms with Gasteiger partial charge in [0.05, 0.1) is 12.1 Å². The standard InChI is InChI=1S/C11H21F3N2O2/c1-5-16(7-10(2,3)18)6-9(17)15(4)8-11(12,13)14/h18H,5-8H2,1-4H3. The molecule has 0 saturated carbocycles. The van der Waals surface area contributed by atoms with Gasteiger partial charge in [-0.05, 0) is 20.4 Å². The fourth-order valence-electron chi connectivity index (χ4n) is 1.50. The number of alkyl halides is 3. The first-order valence-electron chi connectivity index (χ1n) is 5.70. The minimum atomic E-state index is -4.39. The van der Waals surface area contributed by atoms with E-state index in [0.717, 1.165) is 7.05 Å². The molecular weight excluding hydrogens is 249 g/mol. The first-order chi connectivity index (χ1) is 7.94. The molecule has 108 valence electrons. The monoisotopic (exact) mass is 270 g/mol. The normalized spacial score (nSPS) is 12.9. The first-order valence-corrected chi connectivity index (χ1v) is 5.70. The molecule has 0 saturated heterocycles. The average molecular weight is 270 g/mol. The van der Waals surface area contributed by atoms with Crippen molar-refractivity contribution < 1.29 is 23.1 Å². The summed E-state index contributed by atoms with van der Waals surface area (Å²) in [7, 11) is 1.12. The molecule has 0 unspecified atom stereocenters. The summed E-state index contributed by atoms with van der Waals surface area (Å²) in [6.45, 7) is 4.27. The van der Waals surface area contributed by atoms with Gasteiger partial charge in [-0.2, -0.15) is 13.2 Å². The van der Waals surface area contributed by atoms with E-state index >= 15 is 0 Å². The number of carbonyl (C=O) groups excluding carboxylic acids is 1. The van der Waals surface area contributed by atoms with Crippen LogP contribution in [-0.4, -0.2) is 65.8 Å². The van der Waals surface area contributed by atoms with Gasteiger partial charge in [-0.1, -0.05) is 6.92 Å². The van der Waals surface area contributed by atoms with Gasteiger partial charge in [0.15, 0.2) is 0 Å². The summed E-state index contributed by atoms with van der Waals surface area (Å²) in [5.41, 5.74) is -0.987. The summed E-state index contributed by atoms with van der Waals surface area (Å²) in [6, 6.07) is 0. The topological polar surface area (TPSA) is 43.8 Å². The van der Waals surface area contributed by atoms with E-state index < -0.39 is 24.2 Å². The molecule has 0 aliphatic heterocycles. The van der Waals surface area contributed by atoms with Gasteiger partial charge in [0.1, 0.15) is 6.54 Å². The molecule has 0 bridgehead atoms. The number of rotatable bonds is 6. The molecule has 0 aromatic carbocycles. The lowest BCUT2D eigenvalue weighted by Crippen LogP contribution is -2.46. The van der Waals surface area contributed by atoms with E-state index in [1.807, 2.05) is 0 Å². The second-order valence-electron chi connectivity index (χ2n) is 4.98. The van der Waals surface area contributed by atoms with Crippen LogP contribution in [0, 0.1) is 0 Å². The van der Waals surface area contributed by atoms with Gasteiger partial charge in [-0.3, -0.25) is 9.69 Å². The van der Waals surface area contributed by atoms with Crippen molar-refractivity contribution in [2.45, 2.75) is 32.5 Å². The van der Waals surface area contributed by atoms with Crippen LogP contribution >= 0.6 is 0 Å². The van der Waals surface area contributed by atoms with E-state index in [2.05, 4.69) is 0 Å². The Balaban J connectivity index is 4.35. The molecule has 1 N–H and O–H groups in total. The molecule has 0 radical (unpaired) electrons. The molecule has 0 aliphatic carbocycles. The van der Waals surface area contributed by atoms with E-state index in [-0.39, 0.29) is 13.1 Å². The third kappa shape index (κ3) is 8.30. The molecule has 0 spiro atoms. The number of hydrogen-bond donors (Lipinski definition) is 1. The van der Waals surface area contributed by atoms with Crippen LogP contribution in [0.2, 0.25) is 0 Å². The molecule has 7 heteroatoms. The van der Waals surface area contributed by atoms with Gasteiger partial charge in [0.25, 0.3) is 0 Å². The smallest absolute Gasteiger partial charge is 0.389 e. The van der Waals surface area contributed by atoms with Crippen molar-refractivity contribution in [3.63, 3.8) is 0 Å². The molecule has 0 heterocycles. The minimum absolute atomic E-state index is 0.132. The van der Waals surface area contributed by atoms with Gasteiger partial charge in [0.2, 0.25) is 5.91 Å². The Morgan fingerprint density at radius 3 is 2.06 bits per heavy atom. The summed E-state index contributed by atoms with van der Waals surface area (Å²) in [5.74, 6) is -0.613. The quantitative estimate of drug-likeness (QED) is 0.786. The van der Waals surface area contributed by atoms with Gasteiger partial charge in [-0.25, -0.2) is 0 Å². The number of aliphatic hydroxyl groups is 1. The first kappa shape index (κ1) is 17.2. The maximum atomic E-state index is 12.1. The average Bonchev–Trinajstić information content (AvgIpc) is 2.11. The molecule has 0 atom stereocenters. The fourth-order valence-corrected chi connectivity index (χ4v) is 1.50. The molecule has 0 aromatic rings. The SMILES string of the molecule is CCN(CC(=O)N(C)CC(F)(F)F)CC(C)(C)O. The predicted octanol–water partition coefficient (Wildman–Crippen LogP) is 1.10. The Kier molecular flexibility index (Phi) is 6.09. The zero-order valence-corrected chi connectivity index (χ0v) is 11.2. The number of amides is 1. The number of halogens is 3. The highest BCUT2D eigenvalue weighted by atomic mass is 19.4. The van der Waals surface area contributed by atoms with Gasteiger partial charge < -0.3 is 10.0 Å². The Morgan fingerprint density at radius 2 is 1.72 bits per heavy atom. The third-order valence-electron chi connectivity index (χ3n) is 2.26. The second-order valence-corrected chi connectivity index (χ2v) is 4.98. The highest BCUT2D eigenvalue weighted by molar-refractivity contribution is 5.78. The van der Waals surface area contributed by atoms with Crippen LogP contribution in [0.15, 0.2) is 0 Å². The summed E-state index contributed by atoms with van der Waals surface area (Å²) in [4.78, 5) is 13.8. The molecule has 0 fully saturated rings. The van der Waals surface area contributed by atoms with Crippen LogP contribution in [0.25, 0.3) is 0 Å². The Hall–Kier alpha value is -0.820. The van der Waals surface area contributed by atoms with Crippen LogP contribution < -0.4 is 0 Å². The lowest BCUT2D eigenvalue weighted by molar-refractivity contribution is -0.159. The summed E-state index contributed by atoms with van der Waals surface area (Å²) < 4.78 is 36.3. The zero-order chi connectivity index (χ0) is 14.6. The predicted molar refractivity (Wildman–Crippen MR) is 62.1 cm³/mol. The summed E-state index contributed by atoms with van der Waals surface area (Å²) >= 11 is 0. The number of carbonyl (C=O) groups is 1. The van der Waals surface area contributed by atoms with Crippen LogP contribution in [0.5, 0.6) is 0 Å². The molecular formula is C11H21F3N2O2. The van der Waals surface area contributed by atoms with Crippen LogP contribution in [0.1, 0.15) is 20.8 Å². The van der Waals surface area contributed by atoms with Crippen molar-refractivity contribution in [1.82, 2.24) is 9.80 Å². The van der Waals surface area contributed by atoms with Crippen LogP contribution in [-0.2, 0) is 4.79 Å². The van der Waals surface area contributed by atoms with E-state index in [4.69, 9.17) is 0 Å². The second kappa shape index (κ2) is 6.38. The van der Waals surface area contributed by atoms with Crippen molar-refractivity contribution >= 4 is 5.91 Å². The van der Waals surface area contributed by atoms with Gasteiger partial charge in [-0.15, -0.1) is 0 Å². The zero-order valence-electron chi connectivity index (χ0n) is 11.2. The van der Waals surface area contributed by atoms with E-state index in [0.29, 0.717) is 11.4 Å². The lowest BCUT2D eigenvalue weighted by Gasteiger charge is -2.29. The highest BCUT2D eigenvalue weighted by Crippen LogP contribution is 2.15. The largest absolute Gasteiger partial charge is 0.406 e. The van der Waals surface area contributed by atoms with E-state index in [9.17, 15) is 23.1 Å². The third-order valence-corrected chi connectivity index (χ3v) is 2.26. The van der Waals surface area contributed by atoms with Gasteiger partial charge in [0, 0.05) is 13.6 Å². The van der Waals surface area contributed by atoms with Gasteiger partial charge >= 0.3 is 6.18 Å². The molecule has 0 aromatic heterocycles. The number of hydrogen-bond acceptors (Lipinski definition) is 3. The van der Waals surface area contributed by atoms with E-state index in [1.54, 1.807) is 25.7 Å². The maximum Gasteiger partial charge on any atom is 0.406 e. The van der Waals surface area contributed by atoms with Crippen molar-refractivity contribution in [1.29, 1.82) is 0 Å². The Labute approximate surface area is 105 Å². The highest BCUT2D eigenvalue weighted by Gasteiger charge is 2.31. The maximum absolute atomic E-state index is 12.1. The molecule has 18 heavy (non-hydrogen) atoms. The van der Waals surface area contributed by atoms with E-state index in [1.165, 1.54) is 0 Å². The molecule has 4 nitrogen and oxygen atoms in total.